The lowest BCUT2D eigenvalue weighted by atomic mass is 10.1. The topological polar surface area (TPSA) is 136 Å². The molecule has 3 aromatic carbocycles. The Balaban J connectivity index is 1.46. The molecular formula is C28H20ClN7O2. The van der Waals surface area contributed by atoms with E-state index in [9.17, 15) is 15.3 Å². The van der Waals surface area contributed by atoms with E-state index in [4.69, 9.17) is 16.3 Å². The number of halogens is 1. The largest absolute Gasteiger partial charge is 0.487 e. The lowest BCUT2D eigenvalue weighted by Crippen LogP contribution is -2.21. The zero-order valence-corrected chi connectivity index (χ0v) is 20.6. The standard InChI is InChI=1S/C28H20ClN7O2/c29-21-9-6-10-22(15-21)38-18-26(20(16-30)17-31)32-24-11-4-5-12-25(24)33-28(37)34-27-14-13-23(35-36-27)19-7-2-1-3-8-19/h1-15,32H,18H2,(H2,33,34,36,37). The first-order valence-corrected chi connectivity index (χ1v) is 11.7. The van der Waals surface area contributed by atoms with Crippen LogP contribution < -0.4 is 20.7 Å². The minimum atomic E-state index is -0.553. The molecule has 1 aromatic heterocycles. The number of carbonyl (C=O) groups excluding carboxylic acids is 1. The summed E-state index contributed by atoms with van der Waals surface area (Å²) in [7, 11) is 0. The second-order valence-corrected chi connectivity index (χ2v) is 8.18. The molecule has 4 rings (SSSR count). The zero-order chi connectivity index (χ0) is 26.7. The Hall–Kier alpha value is -5.38. The van der Waals surface area contributed by atoms with E-state index in [0.717, 1.165) is 5.56 Å². The fraction of sp³-hybridized carbons (Fsp3) is 0.0357. The number of nitriles is 2. The van der Waals surface area contributed by atoms with Crippen molar-refractivity contribution >= 4 is 34.8 Å². The number of rotatable bonds is 8. The van der Waals surface area contributed by atoms with Gasteiger partial charge in [-0.2, -0.15) is 10.5 Å². The third-order valence-corrected chi connectivity index (χ3v) is 5.38. The van der Waals surface area contributed by atoms with Gasteiger partial charge in [0.25, 0.3) is 0 Å². The maximum absolute atomic E-state index is 12.7. The molecule has 0 spiro atoms. The van der Waals surface area contributed by atoms with Crippen molar-refractivity contribution in [3.8, 4) is 29.1 Å². The lowest BCUT2D eigenvalue weighted by Gasteiger charge is -2.16. The summed E-state index contributed by atoms with van der Waals surface area (Å²) in [6.07, 6.45) is 0. The smallest absolute Gasteiger partial charge is 0.324 e. The molecule has 10 heteroatoms. The Morgan fingerprint density at radius 1 is 0.816 bits per heavy atom. The van der Waals surface area contributed by atoms with E-state index in [2.05, 4.69) is 26.1 Å². The van der Waals surface area contributed by atoms with Crippen molar-refractivity contribution in [3.05, 3.63) is 107 Å². The maximum atomic E-state index is 12.7. The van der Waals surface area contributed by atoms with Crippen molar-refractivity contribution in [3.63, 3.8) is 0 Å². The summed E-state index contributed by atoms with van der Waals surface area (Å²) in [5.74, 6) is 0.733. The van der Waals surface area contributed by atoms with E-state index < -0.39 is 6.03 Å². The SMILES string of the molecule is N#CC(C#N)=C(COc1cccc(Cl)c1)Nc1ccccc1NC(=O)Nc1ccc(-c2ccccc2)nn1. The maximum Gasteiger partial charge on any atom is 0.324 e. The quantitative estimate of drug-likeness (QED) is 0.234. The summed E-state index contributed by atoms with van der Waals surface area (Å²) in [5.41, 5.74) is 2.48. The predicted molar refractivity (Wildman–Crippen MR) is 145 cm³/mol. The molecule has 0 atom stereocenters. The third-order valence-electron chi connectivity index (χ3n) is 5.14. The number of aromatic nitrogens is 2. The van der Waals surface area contributed by atoms with Gasteiger partial charge in [-0.05, 0) is 42.5 Å². The van der Waals surface area contributed by atoms with Gasteiger partial charge in [-0.25, -0.2) is 4.79 Å². The molecule has 0 fully saturated rings. The summed E-state index contributed by atoms with van der Waals surface area (Å²) < 4.78 is 5.73. The first kappa shape index (κ1) is 25.7. The Bertz CT molecular complexity index is 1530. The summed E-state index contributed by atoms with van der Waals surface area (Å²) in [5, 5.41) is 36.0. The second kappa shape index (κ2) is 12.5. The van der Waals surface area contributed by atoms with Crippen LogP contribution in [0.5, 0.6) is 5.75 Å². The predicted octanol–water partition coefficient (Wildman–Crippen LogP) is 6.23. The second-order valence-electron chi connectivity index (χ2n) is 7.74. The highest BCUT2D eigenvalue weighted by molar-refractivity contribution is 6.30. The number of allylic oxidation sites excluding steroid dienone is 1. The number of carbonyl (C=O) groups is 1. The first-order valence-electron chi connectivity index (χ1n) is 11.3. The number of ether oxygens (including phenoxy) is 1. The van der Waals surface area contributed by atoms with Gasteiger partial charge in [0.05, 0.1) is 22.8 Å². The molecule has 38 heavy (non-hydrogen) atoms. The summed E-state index contributed by atoms with van der Waals surface area (Å²) in [4.78, 5) is 12.7. The number of anilines is 3. The van der Waals surface area contributed by atoms with Crippen LogP contribution in [-0.4, -0.2) is 22.8 Å². The fourth-order valence-electron chi connectivity index (χ4n) is 3.34. The van der Waals surface area contributed by atoms with E-state index >= 15 is 0 Å². The van der Waals surface area contributed by atoms with Crippen LogP contribution in [0, 0.1) is 22.7 Å². The minimum absolute atomic E-state index is 0.110. The number of nitrogens with one attached hydrogen (secondary N) is 3. The van der Waals surface area contributed by atoms with Gasteiger partial charge in [-0.3, -0.25) is 5.32 Å². The number of hydrogen-bond donors (Lipinski definition) is 3. The molecule has 0 aliphatic heterocycles. The summed E-state index contributed by atoms with van der Waals surface area (Å²) >= 11 is 6.00. The molecule has 0 aliphatic rings. The number of benzene rings is 3. The van der Waals surface area contributed by atoms with Crippen LogP contribution in [0.4, 0.5) is 22.0 Å². The molecular weight excluding hydrogens is 502 g/mol. The molecule has 0 saturated heterocycles. The van der Waals surface area contributed by atoms with Crippen LogP contribution in [0.3, 0.4) is 0 Å². The van der Waals surface area contributed by atoms with E-state index in [1.807, 2.05) is 42.5 Å². The van der Waals surface area contributed by atoms with Crippen LogP contribution in [-0.2, 0) is 0 Å². The zero-order valence-electron chi connectivity index (χ0n) is 19.9. The van der Waals surface area contributed by atoms with E-state index in [0.29, 0.717) is 27.8 Å². The Morgan fingerprint density at radius 3 is 2.18 bits per heavy atom. The van der Waals surface area contributed by atoms with Crippen molar-refractivity contribution in [1.82, 2.24) is 10.2 Å². The van der Waals surface area contributed by atoms with Gasteiger partial charge in [-0.15, -0.1) is 10.2 Å². The van der Waals surface area contributed by atoms with Crippen LogP contribution in [0.2, 0.25) is 5.02 Å². The molecule has 0 radical (unpaired) electrons. The van der Waals surface area contributed by atoms with Crippen molar-refractivity contribution < 1.29 is 9.53 Å². The summed E-state index contributed by atoms with van der Waals surface area (Å²) in [6.45, 7) is -0.110. The number of amides is 2. The van der Waals surface area contributed by atoms with Gasteiger partial charge in [-0.1, -0.05) is 60.1 Å². The van der Waals surface area contributed by atoms with Gasteiger partial charge >= 0.3 is 6.03 Å². The highest BCUT2D eigenvalue weighted by atomic mass is 35.5. The van der Waals surface area contributed by atoms with Crippen LogP contribution >= 0.6 is 11.6 Å². The van der Waals surface area contributed by atoms with E-state index in [-0.39, 0.29) is 23.7 Å². The van der Waals surface area contributed by atoms with Crippen molar-refractivity contribution in [2.24, 2.45) is 0 Å². The Morgan fingerprint density at radius 2 is 1.53 bits per heavy atom. The van der Waals surface area contributed by atoms with Gasteiger partial charge in [0, 0.05) is 10.6 Å². The number of urea groups is 1. The van der Waals surface area contributed by atoms with E-state index in [1.54, 1.807) is 60.7 Å². The van der Waals surface area contributed by atoms with Crippen molar-refractivity contribution in [1.29, 1.82) is 10.5 Å². The Labute approximate surface area is 224 Å². The van der Waals surface area contributed by atoms with Crippen LogP contribution in [0.25, 0.3) is 11.3 Å². The summed E-state index contributed by atoms with van der Waals surface area (Å²) in [6, 6.07) is 29.7. The molecule has 0 bridgehead atoms. The third kappa shape index (κ3) is 6.85. The van der Waals surface area contributed by atoms with Gasteiger partial charge in [0.2, 0.25) is 0 Å². The molecule has 9 nitrogen and oxygen atoms in total. The minimum Gasteiger partial charge on any atom is -0.487 e. The van der Waals surface area contributed by atoms with Gasteiger partial charge in [0.1, 0.15) is 24.5 Å². The molecule has 2 amide bonds. The van der Waals surface area contributed by atoms with Crippen LogP contribution in [0.15, 0.2) is 102 Å². The average Bonchev–Trinajstić information content (AvgIpc) is 2.94. The van der Waals surface area contributed by atoms with Crippen LogP contribution in [0.1, 0.15) is 0 Å². The van der Waals surface area contributed by atoms with Crippen molar-refractivity contribution in [2.45, 2.75) is 0 Å². The molecule has 0 aliphatic carbocycles. The fourth-order valence-corrected chi connectivity index (χ4v) is 3.52. The average molecular weight is 522 g/mol. The Kier molecular flexibility index (Phi) is 8.48. The number of nitrogens with zero attached hydrogens (tertiary/aromatic N) is 4. The molecule has 3 N–H and O–H groups in total. The van der Waals surface area contributed by atoms with E-state index in [1.165, 1.54) is 0 Å². The molecule has 186 valence electrons. The molecule has 0 saturated carbocycles. The normalized spacial score (nSPS) is 9.87. The van der Waals surface area contributed by atoms with Crippen molar-refractivity contribution in [2.75, 3.05) is 22.6 Å². The molecule has 1 heterocycles. The molecule has 4 aromatic rings. The number of para-hydroxylation sites is 2. The van der Waals surface area contributed by atoms with Gasteiger partial charge < -0.3 is 15.4 Å². The molecule has 0 unspecified atom stereocenters. The number of hydrogen-bond acceptors (Lipinski definition) is 7. The lowest BCUT2D eigenvalue weighted by molar-refractivity contribution is 0.262. The monoisotopic (exact) mass is 521 g/mol. The highest BCUT2D eigenvalue weighted by Gasteiger charge is 2.13. The highest BCUT2D eigenvalue weighted by Crippen LogP contribution is 2.25. The first-order chi connectivity index (χ1) is 18.6. The van der Waals surface area contributed by atoms with Gasteiger partial charge in [0.15, 0.2) is 11.4 Å².